The van der Waals surface area contributed by atoms with Gasteiger partial charge in [-0.15, -0.1) is 0 Å². The van der Waals surface area contributed by atoms with Crippen molar-refractivity contribution in [1.29, 1.82) is 0 Å². The Kier molecular flexibility index (Phi) is 18.4. The van der Waals surface area contributed by atoms with Gasteiger partial charge in [-0.25, -0.2) is 4.70 Å². The maximum atomic E-state index is 12.5. The maximum Gasteiger partial charge on any atom is 0.211 e. The van der Waals surface area contributed by atoms with Crippen molar-refractivity contribution < 1.29 is 4.70 Å². The Bertz CT molecular complexity index is 1290. The molecule has 3 rings (SSSR count). The summed E-state index contributed by atoms with van der Waals surface area (Å²) in [5.74, 6) is 0. The minimum Gasteiger partial charge on any atom is -0.493 e. The van der Waals surface area contributed by atoms with Gasteiger partial charge in [0, 0.05) is 22.3 Å². The largest absolute Gasteiger partial charge is 0.493 e. The summed E-state index contributed by atoms with van der Waals surface area (Å²) < 4.78 is 1.67. The third-order valence-electron chi connectivity index (χ3n) is 10.1. The molecule has 1 aliphatic rings. The standard InChI is InChI=1S/C45H70N2/c1-7-13-19-23-29-43-42(28-22-16-10-4)44(40-32-36(24-17-11-5)30-38(34-40)26-20-14-8-2)47(46)45(43)41-33-37(25-18-12-6)31-39(35-41)27-21-15-9-3/h30-35H,7-29H2,1-6H3. The first-order valence-electron chi connectivity index (χ1n) is 20.2. The minimum atomic E-state index is 1.04. The van der Waals surface area contributed by atoms with E-state index >= 15 is 0 Å². The van der Waals surface area contributed by atoms with Crippen LogP contribution in [-0.4, -0.2) is 4.70 Å². The summed E-state index contributed by atoms with van der Waals surface area (Å²) >= 11 is 0. The fourth-order valence-corrected chi connectivity index (χ4v) is 7.36. The number of benzene rings is 2. The molecule has 2 heteroatoms. The highest BCUT2D eigenvalue weighted by Gasteiger charge is 2.35. The number of hydrogen-bond acceptors (Lipinski definition) is 0. The molecule has 0 bridgehead atoms. The van der Waals surface area contributed by atoms with Gasteiger partial charge in [0.1, 0.15) is 0 Å². The molecule has 0 spiro atoms. The number of allylic oxidation sites excluding steroid dienone is 2. The predicted octanol–water partition coefficient (Wildman–Crippen LogP) is 14.6. The van der Waals surface area contributed by atoms with Gasteiger partial charge in [0.2, 0.25) is 11.4 Å². The third-order valence-corrected chi connectivity index (χ3v) is 10.1. The van der Waals surface area contributed by atoms with E-state index in [-0.39, 0.29) is 0 Å². The quantitative estimate of drug-likeness (QED) is 0.0764. The van der Waals surface area contributed by atoms with Crippen LogP contribution in [0, 0.1) is 0 Å². The lowest BCUT2D eigenvalue weighted by molar-refractivity contribution is -0.345. The average Bonchev–Trinajstić information content (AvgIpc) is 3.35. The van der Waals surface area contributed by atoms with Crippen LogP contribution in [0.3, 0.4) is 0 Å². The van der Waals surface area contributed by atoms with Gasteiger partial charge in [0.15, 0.2) is 0 Å². The molecule has 0 N–H and O–H groups in total. The van der Waals surface area contributed by atoms with Crippen LogP contribution in [-0.2, 0) is 25.7 Å². The van der Waals surface area contributed by atoms with Gasteiger partial charge in [0.25, 0.3) is 0 Å². The van der Waals surface area contributed by atoms with E-state index in [0.29, 0.717) is 0 Å². The molecule has 0 fully saturated rings. The van der Waals surface area contributed by atoms with Crippen LogP contribution < -0.4 is 0 Å². The van der Waals surface area contributed by atoms with Crippen LogP contribution in [0.15, 0.2) is 47.5 Å². The van der Waals surface area contributed by atoms with Crippen molar-refractivity contribution in [3.05, 3.63) is 86.5 Å². The predicted molar refractivity (Wildman–Crippen MR) is 207 cm³/mol. The van der Waals surface area contributed by atoms with Gasteiger partial charge < -0.3 is 5.53 Å². The Morgan fingerprint density at radius 3 is 1.02 bits per heavy atom. The van der Waals surface area contributed by atoms with E-state index in [1.807, 2.05) is 0 Å². The summed E-state index contributed by atoms with van der Waals surface area (Å²) in [7, 11) is 0. The number of unbranched alkanes of at least 4 members (excludes halogenated alkanes) is 11. The molecular formula is C45H70N2. The molecule has 0 radical (unpaired) electrons. The Labute approximate surface area is 291 Å². The topological polar surface area (TPSA) is 25.3 Å². The van der Waals surface area contributed by atoms with Crippen molar-refractivity contribution in [2.24, 2.45) is 0 Å². The second-order valence-corrected chi connectivity index (χ2v) is 14.4. The molecule has 1 aliphatic heterocycles. The van der Waals surface area contributed by atoms with Gasteiger partial charge >= 0.3 is 0 Å². The number of hydrogen-bond donors (Lipinski definition) is 0. The fourth-order valence-electron chi connectivity index (χ4n) is 7.36. The van der Waals surface area contributed by atoms with Crippen LogP contribution in [0.4, 0.5) is 0 Å². The zero-order valence-electron chi connectivity index (χ0n) is 31.6. The highest BCUT2D eigenvalue weighted by molar-refractivity contribution is 5.82. The fraction of sp³-hybridized carbons (Fsp3) is 0.644. The molecule has 0 amide bonds. The van der Waals surface area contributed by atoms with Crippen LogP contribution in [0.2, 0.25) is 0 Å². The third kappa shape index (κ3) is 12.2. The maximum absolute atomic E-state index is 12.5. The molecule has 2 aromatic rings. The van der Waals surface area contributed by atoms with Gasteiger partial charge in [-0.3, -0.25) is 0 Å². The zero-order chi connectivity index (χ0) is 33.9. The Balaban J connectivity index is 2.21. The summed E-state index contributed by atoms with van der Waals surface area (Å²) in [5.41, 5.74) is 25.7. The van der Waals surface area contributed by atoms with Crippen LogP contribution in [0.5, 0.6) is 0 Å². The molecule has 260 valence electrons. The lowest BCUT2D eigenvalue weighted by atomic mass is 9.89. The SMILES string of the molecule is CCCCCCC1=C(c2cc(CCCC)cc(CCCCC)c2)[N+](=[N-])C(c2cc(CCCC)cc(CCCCC)c2)=C1CCCCC. The number of nitrogens with zero attached hydrogens (tertiary/aromatic N) is 2. The van der Waals surface area contributed by atoms with Gasteiger partial charge in [0.05, 0.1) is 0 Å². The summed E-state index contributed by atoms with van der Waals surface area (Å²) in [6.07, 6.45) is 27.4. The molecule has 0 saturated carbocycles. The van der Waals surface area contributed by atoms with Gasteiger partial charge in [-0.2, -0.15) is 0 Å². The van der Waals surface area contributed by atoms with E-state index in [1.54, 1.807) is 4.70 Å². The van der Waals surface area contributed by atoms with Crippen molar-refractivity contribution in [2.45, 2.75) is 189 Å². The first kappa shape index (κ1) is 39.0. The Hall–Kier alpha value is -2.48. The summed E-state index contributed by atoms with van der Waals surface area (Å²) in [6.45, 7) is 13.8. The van der Waals surface area contributed by atoms with Crippen molar-refractivity contribution in [1.82, 2.24) is 0 Å². The lowest BCUT2D eigenvalue weighted by Gasteiger charge is -2.15. The highest BCUT2D eigenvalue weighted by atomic mass is 15.2. The van der Waals surface area contributed by atoms with Crippen LogP contribution >= 0.6 is 0 Å². The van der Waals surface area contributed by atoms with Gasteiger partial charge in [-0.1, -0.05) is 124 Å². The van der Waals surface area contributed by atoms with Gasteiger partial charge in [-0.05, 0) is 124 Å². The molecule has 0 aromatic heterocycles. The molecule has 2 nitrogen and oxygen atoms in total. The molecule has 0 atom stereocenters. The van der Waals surface area contributed by atoms with E-state index < -0.39 is 0 Å². The molecule has 0 unspecified atom stereocenters. The first-order valence-corrected chi connectivity index (χ1v) is 20.2. The Morgan fingerprint density at radius 1 is 0.362 bits per heavy atom. The molecule has 47 heavy (non-hydrogen) atoms. The summed E-state index contributed by atoms with van der Waals surface area (Å²) in [4.78, 5) is 0. The second kappa shape index (κ2) is 22.2. The summed E-state index contributed by atoms with van der Waals surface area (Å²) in [6, 6.07) is 14.6. The van der Waals surface area contributed by atoms with Crippen molar-refractivity contribution in [3.8, 4) is 0 Å². The van der Waals surface area contributed by atoms with E-state index in [4.69, 9.17) is 0 Å². The second-order valence-electron chi connectivity index (χ2n) is 14.4. The van der Waals surface area contributed by atoms with E-state index in [9.17, 15) is 5.53 Å². The summed E-state index contributed by atoms with van der Waals surface area (Å²) in [5, 5.41) is 0. The molecule has 0 aliphatic carbocycles. The monoisotopic (exact) mass is 639 g/mol. The Morgan fingerprint density at radius 2 is 0.660 bits per heavy atom. The van der Waals surface area contributed by atoms with Crippen molar-refractivity contribution in [2.75, 3.05) is 0 Å². The lowest BCUT2D eigenvalue weighted by Crippen LogP contribution is -2.05. The normalized spacial score (nSPS) is 13.4. The number of aryl methyl sites for hydroxylation is 4. The van der Waals surface area contributed by atoms with E-state index in [2.05, 4.69) is 77.9 Å². The van der Waals surface area contributed by atoms with Crippen LogP contribution in [0.1, 0.15) is 197 Å². The van der Waals surface area contributed by atoms with Crippen LogP contribution in [0.25, 0.3) is 16.9 Å². The van der Waals surface area contributed by atoms with Crippen molar-refractivity contribution >= 4 is 11.4 Å². The number of rotatable bonds is 25. The zero-order valence-corrected chi connectivity index (χ0v) is 31.6. The minimum absolute atomic E-state index is 1.04. The molecule has 1 heterocycles. The van der Waals surface area contributed by atoms with E-state index in [0.717, 1.165) is 49.9 Å². The molecular weight excluding hydrogens is 569 g/mol. The first-order chi connectivity index (χ1) is 23.0. The highest BCUT2D eigenvalue weighted by Crippen LogP contribution is 2.45. The smallest absolute Gasteiger partial charge is 0.211 e. The molecule has 2 aromatic carbocycles. The average molecular weight is 639 g/mol. The van der Waals surface area contributed by atoms with E-state index in [1.165, 1.54) is 154 Å². The molecule has 0 saturated heterocycles. The van der Waals surface area contributed by atoms with Crippen molar-refractivity contribution in [3.63, 3.8) is 0 Å².